The number of nitrogens with one attached hydrogen (secondary N) is 1. The van der Waals surface area contributed by atoms with E-state index in [2.05, 4.69) is 10.3 Å². The number of aromatic nitrogens is 1. The van der Waals surface area contributed by atoms with Crippen molar-refractivity contribution >= 4 is 28.6 Å². The lowest BCUT2D eigenvalue weighted by Gasteiger charge is -2.11. The maximum Gasteiger partial charge on any atom is 0.416 e. The molecule has 0 fully saturated rings. The molecule has 7 heteroatoms. The van der Waals surface area contributed by atoms with E-state index in [4.69, 9.17) is 11.6 Å². The van der Waals surface area contributed by atoms with Gasteiger partial charge in [0.05, 0.1) is 28.5 Å². The highest BCUT2D eigenvalue weighted by Gasteiger charge is 2.30. The molecule has 0 aliphatic heterocycles. The van der Waals surface area contributed by atoms with Crippen LogP contribution in [0.1, 0.15) is 21.1 Å². The fourth-order valence-corrected chi connectivity index (χ4v) is 2.68. The minimum absolute atomic E-state index is 0.253. The number of alkyl halides is 3. The van der Waals surface area contributed by atoms with Gasteiger partial charge in [-0.15, -0.1) is 11.3 Å². The van der Waals surface area contributed by atoms with E-state index in [-0.39, 0.29) is 10.7 Å². The Morgan fingerprint density at radius 3 is 2.55 bits per heavy atom. The molecule has 108 valence electrons. The van der Waals surface area contributed by atoms with E-state index < -0.39 is 11.7 Å². The number of nitrogens with zero attached hydrogens (tertiary/aromatic N) is 1. The second-order valence-electron chi connectivity index (χ2n) is 4.30. The Morgan fingerprint density at radius 2 is 2.00 bits per heavy atom. The number of rotatable bonds is 3. The molecule has 0 aliphatic carbocycles. The summed E-state index contributed by atoms with van der Waals surface area (Å²) in [7, 11) is 0. The van der Waals surface area contributed by atoms with Gasteiger partial charge in [-0.1, -0.05) is 11.6 Å². The van der Waals surface area contributed by atoms with Crippen LogP contribution < -0.4 is 5.32 Å². The zero-order valence-electron chi connectivity index (χ0n) is 10.8. The third kappa shape index (κ3) is 3.43. The molecule has 0 unspecified atom stereocenters. The van der Waals surface area contributed by atoms with Crippen LogP contribution in [0.2, 0.25) is 5.02 Å². The van der Waals surface area contributed by atoms with Crippen molar-refractivity contribution < 1.29 is 13.2 Å². The molecule has 1 aromatic heterocycles. The highest BCUT2D eigenvalue weighted by atomic mass is 35.5. The molecule has 1 N–H and O–H groups in total. The number of anilines is 1. The van der Waals surface area contributed by atoms with Gasteiger partial charge >= 0.3 is 6.18 Å². The smallest absolute Gasteiger partial charge is 0.377 e. The van der Waals surface area contributed by atoms with E-state index in [9.17, 15) is 13.2 Å². The topological polar surface area (TPSA) is 24.9 Å². The summed E-state index contributed by atoms with van der Waals surface area (Å²) in [6.07, 6.45) is -4.38. The van der Waals surface area contributed by atoms with Crippen LogP contribution >= 0.6 is 22.9 Å². The van der Waals surface area contributed by atoms with Crippen LogP contribution in [-0.2, 0) is 12.7 Å². The summed E-state index contributed by atoms with van der Waals surface area (Å²) in [5.74, 6) is 0. The van der Waals surface area contributed by atoms with Crippen molar-refractivity contribution in [2.75, 3.05) is 5.32 Å². The molecule has 1 aromatic carbocycles. The second kappa shape index (κ2) is 5.61. The quantitative estimate of drug-likeness (QED) is 0.856. The molecule has 0 amide bonds. The Kier molecular flexibility index (Phi) is 4.25. The zero-order valence-corrected chi connectivity index (χ0v) is 12.4. The lowest BCUT2D eigenvalue weighted by atomic mass is 10.2. The summed E-state index contributed by atoms with van der Waals surface area (Å²) in [5, 5.41) is 3.96. The number of thiazole rings is 1. The maximum atomic E-state index is 12.6. The van der Waals surface area contributed by atoms with Crippen LogP contribution in [0.15, 0.2) is 18.2 Å². The number of hydrogen-bond donors (Lipinski definition) is 1. The van der Waals surface area contributed by atoms with Gasteiger partial charge in [-0.25, -0.2) is 4.98 Å². The summed E-state index contributed by atoms with van der Waals surface area (Å²) in [6, 6.07) is 3.21. The van der Waals surface area contributed by atoms with Crippen LogP contribution in [0.25, 0.3) is 0 Å². The van der Waals surface area contributed by atoms with Crippen molar-refractivity contribution in [3.8, 4) is 0 Å². The van der Waals surface area contributed by atoms with Gasteiger partial charge in [0, 0.05) is 4.88 Å². The molecule has 0 bridgehead atoms. The molecule has 1 heterocycles. The summed E-state index contributed by atoms with van der Waals surface area (Å²) in [6.45, 7) is 4.20. The van der Waals surface area contributed by atoms with Crippen molar-refractivity contribution in [1.82, 2.24) is 4.98 Å². The van der Waals surface area contributed by atoms with Crippen LogP contribution in [0, 0.1) is 13.8 Å². The molecule has 0 saturated carbocycles. The normalized spacial score (nSPS) is 11.7. The molecule has 0 aliphatic rings. The van der Waals surface area contributed by atoms with Gasteiger partial charge in [-0.2, -0.15) is 13.2 Å². The van der Waals surface area contributed by atoms with E-state index in [0.29, 0.717) is 6.54 Å². The highest BCUT2D eigenvalue weighted by Crippen LogP contribution is 2.34. The first-order chi connectivity index (χ1) is 9.27. The van der Waals surface area contributed by atoms with Crippen molar-refractivity contribution in [1.29, 1.82) is 0 Å². The van der Waals surface area contributed by atoms with Gasteiger partial charge in [-0.05, 0) is 32.0 Å². The van der Waals surface area contributed by atoms with E-state index in [1.54, 1.807) is 0 Å². The fourth-order valence-electron chi connectivity index (χ4n) is 1.62. The maximum absolute atomic E-state index is 12.6. The van der Waals surface area contributed by atoms with Crippen LogP contribution in [0.4, 0.5) is 18.9 Å². The average molecular weight is 321 g/mol. The third-order valence-corrected chi connectivity index (χ3v) is 4.20. The number of aryl methyl sites for hydroxylation is 2. The van der Waals surface area contributed by atoms with Crippen molar-refractivity contribution in [2.45, 2.75) is 26.6 Å². The Hall–Kier alpha value is -1.27. The molecule has 20 heavy (non-hydrogen) atoms. The molecule has 2 rings (SSSR count). The van der Waals surface area contributed by atoms with Gasteiger partial charge in [0.1, 0.15) is 5.01 Å². The second-order valence-corrected chi connectivity index (χ2v) is 5.99. The average Bonchev–Trinajstić information content (AvgIpc) is 2.66. The molecule has 0 atom stereocenters. The Balaban J connectivity index is 2.16. The monoisotopic (exact) mass is 320 g/mol. The largest absolute Gasteiger partial charge is 0.416 e. The number of hydrogen-bond acceptors (Lipinski definition) is 3. The first-order valence-corrected chi connectivity index (χ1v) is 7.00. The van der Waals surface area contributed by atoms with Gasteiger partial charge in [0.25, 0.3) is 0 Å². The summed E-state index contributed by atoms with van der Waals surface area (Å²) in [4.78, 5) is 5.41. The standard InChI is InChI=1S/C13H12ClF3N2S/c1-7-8(2)20-12(19-7)6-18-11-5-9(13(15,16)17)3-4-10(11)14/h3-5,18H,6H2,1-2H3. The fraction of sp³-hybridized carbons (Fsp3) is 0.308. The van der Waals surface area contributed by atoms with Crippen molar-refractivity contribution in [3.63, 3.8) is 0 Å². The Labute approximate surface area is 123 Å². The molecular formula is C13H12ClF3N2S. The predicted molar refractivity (Wildman–Crippen MR) is 75.4 cm³/mol. The minimum Gasteiger partial charge on any atom is -0.377 e. The predicted octanol–water partition coefficient (Wildman–Crippen LogP) is 5.04. The minimum atomic E-state index is -4.38. The summed E-state index contributed by atoms with van der Waals surface area (Å²) < 4.78 is 37.9. The van der Waals surface area contributed by atoms with Crippen LogP contribution in [-0.4, -0.2) is 4.98 Å². The van der Waals surface area contributed by atoms with E-state index in [1.165, 1.54) is 17.4 Å². The third-order valence-electron chi connectivity index (χ3n) is 2.80. The molecule has 2 nitrogen and oxygen atoms in total. The van der Waals surface area contributed by atoms with Gasteiger partial charge in [0.15, 0.2) is 0 Å². The number of halogens is 4. The van der Waals surface area contributed by atoms with Gasteiger partial charge < -0.3 is 5.32 Å². The molecular weight excluding hydrogens is 309 g/mol. The summed E-state index contributed by atoms with van der Waals surface area (Å²) >= 11 is 7.41. The van der Waals surface area contributed by atoms with Crippen molar-refractivity contribution in [3.05, 3.63) is 44.4 Å². The first-order valence-electron chi connectivity index (χ1n) is 5.81. The molecule has 0 spiro atoms. The van der Waals surface area contributed by atoms with Crippen LogP contribution in [0.3, 0.4) is 0 Å². The zero-order chi connectivity index (χ0) is 14.9. The SMILES string of the molecule is Cc1nc(CNc2cc(C(F)(F)F)ccc2Cl)sc1C. The van der Waals surface area contributed by atoms with Crippen molar-refractivity contribution in [2.24, 2.45) is 0 Å². The van der Waals surface area contributed by atoms with Gasteiger partial charge in [0.2, 0.25) is 0 Å². The van der Waals surface area contributed by atoms with E-state index in [0.717, 1.165) is 27.7 Å². The number of benzene rings is 1. The van der Waals surface area contributed by atoms with E-state index >= 15 is 0 Å². The molecule has 0 saturated heterocycles. The lowest BCUT2D eigenvalue weighted by molar-refractivity contribution is -0.137. The van der Waals surface area contributed by atoms with Gasteiger partial charge in [-0.3, -0.25) is 0 Å². The Morgan fingerprint density at radius 1 is 1.30 bits per heavy atom. The first kappa shape index (κ1) is 15.1. The Bertz CT molecular complexity index is 603. The van der Waals surface area contributed by atoms with E-state index in [1.807, 2.05) is 13.8 Å². The summed E-state index contributed by atoms with van der Waals surface area (Å²) in [5.41, 5.74) is 0.463. The molecule has 2 aromatic rings. The lowest BCUT2D eigenvalue weighted by Crippen LogP contribution is -2.07. The highest BCUT2D eigenvalue weighted by molar-refractivity contribution is 7.11. The molecule has 0 radical (unpaired) electrons. The van der Waals surface area contributed by atoms with Crippen LogP contribution in [0.5, 0.6) is 0 Å².